The first-order valence-electron chi connectivity index (χ1n) is 7.88. The molecule has 1 aliphatic heterocycles. The molecule has 1 aliphatic carbocycles. The average molecular weight is 275 g/mol. The lowest BCUT2D eigenvalue weighted by Crippen LogP contribution is -2.45. The van der Waals surface area contributed by atoms with Gasteiger partial charge in [-0.25, -0.2) is 0 Å². The summed E-state index contributed by atoms with van der Waals surface area (Å²) in [5.74, 6) is 0.186. The second kappa shape index (κ2) is 5.60. The van der Waals surface area contributed by atoms with E-state index in [9.17, 15) is 4.79 Å². The number of nitrogens with zero attached hydrogens (tertiary/aromatic N) is 2. The van der Waals surface area contributed by atoms with E-state index in [1.165, 1.54) is 25.7 Å². The van der Waals surface area contributed by atoms with Gasteiger partial charge in [-0.2, -0.15) is 0 Å². The minimum absolute atomic E-state index is 0.186. The molecule has 1 aromatic heterocycles. The lowest BCUT2D eigenvalue weighted by Gasteiger charge is -2.30. The number of carbonyl (C=O) groups is 1. The van der Waals surface area contributed by atoms with Crippen LogP contribution < -0.4 is 5.32 Å². The first kappa shape index (κ1) is 13.7. The maximum absolute atomic E-state index is 12.9. The monoisotopic (exact) mass is 275 g/mol. The van der Waals surface area contributed by atoms with Gasteiger partial charge in [0.25, 0.3) is 5.91 Å². The lowest BCUT2D eigenvalue weighted by atomic mass is 10.1. The molecule has 1 amide bonds. The van der Waals surface area contributed by atoms with Crippen molar-refractivity contribution in [3.63, 3.8) is 0 Å². The first-order chi connectivity index (χ1) is 9.66. The molecule has 4 heteroatoms. The fourth-order valence-corrected chi connectivity index (χ4v) is 3.07. The molecule has 0 bridgehead atoms. The molecule has 3 rings (SSSR count). The largest absolute Gasteiger partial charge is 0.340 e. The van der Waals surface area contributed by atoms with Gasteiger partial charge < -0.3 is 14.8 Å². The Balaban J connectivity index is 1.75. The molecule has 0 aromatic carbocycles. The van der Waals surface area contributed by atoms with Crippen LogP contribution in [-0.2, 0) is 0 Å². The highest BCUT2D eigenvalue weighted by Gasteiger charge is 2.30. The predicted octanol–water partition coefficient (Wildman–Crippen LogP) is 2.43. The Morgan fingerprint density at radius 3 is 2.85 bits per heavy atom. The van der Waals surface area contributed by atoms with Crippen LogP contribution in [0.25, 0.3) is 0 Å². The fourth-order valence-electron chi connectivity index (χ4n) is 3.07. The van der Waals surface area contributed by atoms with Gasteiger partial charge >= 0.3 is 0 Å². The molecule has 110 valence electrons. The molecule has 0 spiro atoms. The summed E-state index contributed by atoms with van der Waals surface area (Å²) in [5, 5.41) is 3.49. The Morgan fingerprint density at radius 1 is 1.45 bits per heavy atom. The highest BCUT2D eigenvalue weighted by Crippen LogP contribution is 2.36. The number of hydrogen-bond donors (Lipinski definition) is 1. The van der Waals surface area contributed by atoms with Crippen LogP contribution in [-0.4, -0.2) is 40.5 Å². The van der Waals surface area contributed by atoms with Gasteiger partial charge in [0, 0.05) is 30.9 Å². The van der Waals surface area contributed by atoms with Crippen LogP contribution in [0, 0.1) is 0 Å². The third kappa shape index (κ3) is 2.75. The summed E-state index contributed by atoms with van der Waals surface area (Å²) < 4.78 is 2.17. The van der Waals surface area contributed by atoms with E-state index in [0.29, 0.717) is 12.1 Å². The topological polar surface area (TPSA) is 37.3 Å². The molecule has 4 nitrogen and oxygen atoms in total. The predicted molar refractivity (Wildman–Crippen MR) is 79.9 cm³/mol. The van der Waals surface area contributed by atoms with E-state index in [2.05, 4.69) is 29.9 Å². The molecule has 1 saturated heterocycles. The third-order valence-corrected chi connectivity index (χ3v) is 4.40. The number of aromatic nitrogens is 1. The average Bonchev–Trinajstić information content (AvgIpc) is 2.94. The number of carbonyl (C=O) groups excluding carboxylic acids is 1. The molecule has 2 aliphatic rings. The number of amides is 1. The summed E-state index contributed by atoms with van der Waals surface area (Å²) in [6.07, 6.45) is 6.88. The van der Waals surface area contributed by atoms with E-state index < -0.39 is 0 Å². The van der Waals surface area contributed by atoms with Gasteiger partial charge in [-0.3, -0.25) is 4.79 Å². The lowest BCUT2D eigenvalue weighted by molar-refractivity contribution is 0.0677. The van der Waals surface area contributed by atoms with Crippen molar-refractivity contribution < 1.29 is 4.79 Å². The smallest absolute Gasteiger partial charge is 0.270 e. The van der Waals surface area contributed by atoms with E-state index in [0.717, 1.165) is 18.8 Å². The Kier molecular flexibility index (Phi) is 3.83. The quantitative estimate of drug-likeness (QED) is 0.896. The van der Waals surface area contributed by atoms with Gasteiger partial charge in [0.2, 0.25) is 0 Å². The van der Waals surface area contributed by atoms with Crippen molar-refractivity contribution in [1.29, 1.82) is 0 Å². The van der Waals surface area contributed by atoms with Crippen LogP contribution in [0.5, 0.6) is 0 Å². The second-order valence-corrected chi connectivity index (χ2v) is 6.38. The van der Waals surface area contributed by atoms with Crippen LogP contribution in [0.3, 0.4) is 0 Å². The Hall–Kier alpha value is -1.29. The summed E-state index contributed by atoms with van der Waals surface area (Å²) in [4.78, 5) is 14.9. The second-order valence-electron chi connectivity index (χ2n) is 6.38. The van der Waals surface area contributed by atoms with Crippen molar-refractivity contribution in [1.82, 2.24) is 14.8 Å². The van der Waals surface area contributed by atoms with Gasteiger partial charge in [0.15, 0.2) is 0 Å². The Bertz CT molecular complexity index is 470. The highest BCUT2D eigenvalue weighted by molar-refractivity contribution is 5.93. The molecule has 20 heavy (non-hydrogen) atoms. The van der Waals surface area contributed by atoms with Gasteiger partial charge in [-0.15, -0.1) is 0 Å². The van der Waals surface area contributed by atoms with E-state index in [4.69, 9.17) is 0 Å². The van der Waals surface area contributed by atoms with Gasteiger partial charge in [0.1, 0.15) is 5.69 Å². The molecule has 1 saturated carbocycles. The number of nitrogens with one attached hydrogen (secondary N) is 1. The normalized spacial score (nSPS) is 22.4. The van der Waals surface area contributed by atoms with E-state index >= 15 is 0 Å². The maximum atomic E-state index is 12.9. The van der Waals surface area contributed by atoms with Crippen molar-refractivity contribution in [2.75, 3.05) is 13.1 Å². The molecule has 1 N–H and O–H groups in total. The zero-order chi connectivity index (χ0) is 14.1. The molecule has 0 radical (unpaired) electrons. The molecule has 2 heterocycles. The minimum atomic E-state index is 0.186. The van der Waals surface area contributed by atoms with E-state index in [1.54, 1.807) is 0 Å². The number of hydrogen-bond acceptors (Lipinski definition) is 2. The van der Waals surface area contributed by atoms with Crippen molar-refractivity contribution in [2.24, 2.45) is 0 Å². The Morgan fingerprint density at radius 2 is 2.25 bits per heavy atom. The third-order valence-electron chi connectivity index (χ3n) is 4.40. The van der Waals surface area contributed by atoms with Gasteiger partial charge in [0.05, 0.1) is 0 Å². The summed E-state index contributed by atoms with van der Waals surface area (Å²) in [5.41, 5.74) is 0.860. The zero-order valence-electron chi connectivity index (χ0n) is 12.5. The summed E-state index contributed by atoms with van der Waals surface area (Å²) in [6, 6.07) is 5.23. The van der Waals surface area contributed by atoms with Crippen LogP contribution in [0.4, 0.5) is 0 Å². The SMILES string of the molecule is CC(C)N(CC1CCCN1)C(=O)c1cccn1C1CC1. The van der Waals surface area contributed by atoms with E-state index in [1.807, 2.05) is 17.0 Å². The minimum Gasteiger partial charge on any atom is -0.340 e. The molecular weight excluding hydrogens is 250 g/mol. The van der Waals surface area contributed by atoms with Crippen molar-refractivity contribution >= 4 is 5.91 Å². The molecule has 2 fully saturated rings. The number of rotatable bonds is 5. The fraction of sp³-hybridized carbons (Fsp3) is 0.688. The highest BCUT2D eigenvalue weighted by atomic mass is 16.2. The van der Waals surface area contributed by atoms with Crippen molar-refractivity contribution in [3.05, 3.63) is 24.0 Å². The standard InChI is InChI=1S/C16H25N3O/c1-12(2)19(11-13-5-3-9-17-13)16(20)15-6-4-10-18(15)14-7-8-14/h4,6,10,12-14,17H,3,5,7-9,11H2,1-2H3. The Labute approximate surface area is 121 Å². The maximum Gasteiger partial charge on any atom is 0.270 e. The first-order valence-corrected chi connectivity index (χ1v) is 7.88. The molecule has 1 aromatic rings. The summed E-state index contributed by atoms with van der Waals surface area (Å²) in [7, 11) is 0. The summed E-state index contributed by atoms with van der Waals surface area (Å²) >= 11 is 0. The molecule has 1 unspecified atom stereocenters. The van der Waals surface area contributed by atoms with E-state index in [-0.39, 0.29) is 11.9 Å². The molecular formula is C16H25N3O. The zero-order valence-corrected chi connectivity index (χ0v) is 12.5. The summed E-state index contributed by atoms with van der Waals surface area (Å²) in [6.45, 7) is 6.13. The van der Waals surface area contributed by atoms with Crippen LogP contribution in [0.1, 0.15) is 56.1 Å². The van der Waals surface area contributed by atoms with Crippen LogP contribution in [0.2, 0.25) is 0 Å². The van der Waals surface area contributed by atoms with Gasteiger partial charge in [-0.05, 0) is 58.2 Å². The van der Waals surface area contributed by atoms with Crippen LogP contribution >= 0.6 is 0 Å². The van der Waals surface area contributed by atoms with Crippen LogP contribution in [0.15, 0.2) is 18.3 Å². The van der Waals surface area contributed by atoms with Crippen molar-refractivity contribution in [3.8, 4) is 0 Å². The van der Waals surface area contributed by atoms with Crippen molar-refractivity contribution in [2.45, 2.75) is 57.7 Å². The molecule has 1 atom stereocenters. The van der Waals surface area contributed by atoms with Gasteiger partial charge in [-0.1, -0.05) is 0 Å².